The minimum absolute atomic E-state index is 0.673. The average Bonchev–Trinajstić information content (AvgIpc) is 2.68. The van der Waals surface area contributed by atoms with E-state index in [0.717, 1.165) is 29.8 Å². The standard InChI is InChI=1S/C18H18N2.C6H5Cl/c19-18(20)11-3-6-16-15-8-7-12-4-1-2-5-13(12)14(15)9-10-17(16)18;7-6-4-2-1-3-5-6/h1-2,4-5,7-10H,3,6,11,19-20H2;1-5H. The maximum Gasteiger partial charge on any atom is 0.0902 e. The molecule has 0 fully saturated rings. The van der Waals surface area contributed by atoms with Gasteiger partial charge in [0.15, 0.2) is 0 Å². The summed E-state index contributed by atoms with van der Waals surface area (Å²) in [7, 11) is 0. The van der Waals surface area contributed by atoms with Crippen LogP contribution in [0.25, 0.3) is 21.5 Å². The second-order valence-corrected chi connectivity index (χ2v) is 7.60. The van der Waals surface area contributed by atoms with Crippen molar-refractivity contribution in [1.82, 2.24) is 0 Å². The number of benzene rings is 4. The SMILES string of the molecule is Clc1ccccc1.NC1(N)CCCc2c1ccc1c2ccc2ccccc21. The van der Waals surface area contributed by atoms with Gasteiger partial charge in [-0.25, -0.2) is 0 Å². The predicted octanol–water partition coefficient (Wildman–Crippen LogP) is 5.74. The summed E-state index contributed by atoms with van der Waals surface area (Å²) in [6, 6.07) is 26.7. The van der Waals surface area contributed by atoms with Gasteiger partial charge in [-0.1, -0.05) is 78.3 Å². The Labute approximate surface area is 164 Å². The zero-order chi connectivity index (χ0) is 18.9. The Bertz CT molecular complexity index is 1090. The minimum atomic E-state index is -0.673. The highest BCUT2D eigenvalue weighted by Crippen LogP contribution is 2.36. The molecular weight excluding hydrogens is 352 g/mol. The smallest absolute Gasteiger partial charge is 0.0902 e. The van der Waals surface area contributed by atoms with Gasteiger partial charge in [0.05, 0.1) is 5.66 Å². The lowest BCUT2D eigenvalue weighted by Gasteiger charge is -2.33. The van der Waals surface area contributed by atoms with E-state index in [0.29, 0.717) is 0 Å². The van der Waals surface area contributed by atoms with Crippen molar-refractivity contribution in [2.75, 3.05) is 0 Å². The summed E-state index contributed by atoms with van der Waals surface area (Å²) in [4.78, 5) is 0. The molecule has 0 aliphatic heterocycles. The highest BCUT2D eigenvalue weighted by molar-refractivity contribution is 6.30. The second kappa shape index (κ2) is 7.32. The van der Waals surface area contributed by atoms with Gasteiger partial charge in [-0.15, -0.1) is 0 Å². The van der Waals surface area contributed by atoms with Crippen LogP contribution in [0.1, 0.15) is 24.0 Å². The first-order chi connectivity index (χ1) is 13.1. The van der Waals surface area contributed by atoms with Crippen LogP contribution in [0.5, 0.6) is 0 Å². The van der Waals surface area contributed by atoms with E-state index in [1.807, 2.05) is 30.3 Å². The van der Waals surface area contributed by atoms with Crippen LogP contribution in [-0.2, 0) is 12.1 Å². The molecule has 0 saturated heterocycles. The second-order valence-electron chi connectivity index (χ2n) is 7.16. The molecule has 3 heteroatoms. The van der Waals surface area contributed by atoms with Gasteiger partial charge in [0.2, 0.25) is 0 Å². The van der Waals surface area contributed by atoms with Gasteiger partial charge in [-0.2, -0.15) is 0 Å². The van der Waals surface area contributed by atoms with Crippen LogP contribution >= 0.6 is 11.6 Å². The normalized spacial score (nSPS) is 15.1. The molecule has 0 heterocycles. The quantitative estimate of drug-likeness (QED) is 0.304. The van der Waals surface area contributed by atoms with Crippen molar-refractivity contribution in [1.29, 1.82) is 0 Å². The summed E-state index contributed by atoms with van der Waals surface area (Å²) in [6.45, 7) is 0. The number of fused-ring (bicyclic) bond motifs is 5. The Hall–Kier alpha value is -2.39. The zero-order valence-corrected chi connectivity index (χ0v) is 15.9. The molecule has 0 aromatic heterocycles. The van der Waals surface area contributed by atoms with Gasteiger partial charge >= 0.3 is 0 Å². The number of halogens is 1. The Morgan fingerprint density at radius 3 is 2.15 bits per heavy atom. The highest BCUT2D eigenvalue weighted by atomic mass is 35.5. The molecule has 4 aromatic rings. The molecule has 0 bridgehead atoms. The number of rotatable bonds is 0. The third kappa shape index (κ3) is 3.57. The van der Waals surface area contributed by atoms with Crippen molar-refractivity contribution in [3.63, 3.8) is 0 Å². The highest BCUT2D eigenvalue weighted by Gasteiger charge is 2.29. The molecule has 2 nitrogen and oxygen atoms in total. The Morgan fingerprint density at radius 1 is 0.704 bits per heavy atom. The van der Waals surface area contributed by atoms with Gasteiger partial charge in [0.25, 0.3) is 0 Å². The fraction of sp³-hybridized carbons (Fsp3) is 0.167. The van der Waals surface area contributed by atoms with Crippen molar-refractivity contribution >= 4 is 33.1 Å². The van der Waals surface area contributed by atoms with Gasteiger partial charge in [-0.05, 0) is 64.1 Å². The van der Waals surface area contributed by atoms with E-state index in [-0.39, 0.29) is 0 Å². The van der Waals surface area contributed by atoms with Gasteiger partial charge in [0, 0.05) is 5.02 Å². The topological polar surface area (TPSA) is 52.0 Å². The van der Waals surface area contributed by atoms with Gasteiger partial charge < -0.3 is 11.5 Å². The van der Waals surface area contributed by atoms with Gasteiger partial charge in [-0.3, -0.25) is 0 Å². The van der Waals surface area contributed by atoms with E-state index >= 15 is 0 Å². The maximum atomic E-state index is 6.27. The largest absolute Gasteiger partial charge is 0.310 e. The first-order valence-corrected chi connectivity index (χ1v) is 9.66. The number of aryl methyl sites for hydroxylation is 1. The molecule has 0 atom stereocenters. The van der Waals surface area contributed by atoms with E-state index in [2.05, 4.69) is 48.5 Å². The lowest BCUT2D eigenvalue weighted by molar-refractivity contribution is 0.388. The minimum Gasteiger partial charge on any atom is -0.310 e. The third-order valence-electron chi connectivity index (χ3n) is 5.29. The van der Waals surface area contributed by atoms with Crippen LogP contribution in [0.4, 0.5) is 0 Å². The maximum absolute atomic E-state index is 6.27. The molecule has 0 spiro atoms. The summed E-state index contributed by atoms with van der Waals surface area (Å²) in [5.74, 6) is 0. The lowest BCUT2D eigenvalue weighted by Crippen LogP contribution is -2.48. The van der Waals surface area contributed by atoms with Crippen LogP contribution in [-0.4, -0.2) is 0 Å². The Balaban J connectivity index is 0.000000218. The van der Waals surface area contributed by atoms with Crippen molar-refractivity contribution < 1.29 is 0 Å². The molecule has 27 heavy (non-hydrogen) atoms. The Kier molecular flexibility index (Phi) is 4.88. The van der Waals surface area contributed by atoms with E-state index in [1.165, 1.54) is 27.1 Å². The summed E-state index contributed by atoms with van der Waals surface area (Å²) in [5, 5.41) is 5.99. The van der Waals surface area contributed by atoms with Crippen molar-refractivity contribution in [3.8, 4) is 0 Å². The number of nitrogens with two attached hydrogens (primary N) is 2. The summed E-state index contributed by atoms with van der Waals surface area (Å²) < 4.78 is 0. The van der Waals surface area contributed by atoms with E-state index in [9.17, 15) is 0 Å². The molecule has 5 rings (SSSR count). The summed E-state index contributed by atoms with van der Waals surface area (Å²) >= 11 is 5.54. The molecular formula is C24H23ClN2. The lowest BCUT2D eigenvalue weighted by atomic mass is 9.80. The average molecular weight is 375 g/mol. The van der Waals surface area contributed by atoms with E-state index in [4.69, 9.17) is 23.1 Å². The number of hydrogen-bond acceptors (Lipinski definition) is 2. The first kappa shape index (κ1) is 18.0. The summed E-state index contributed by atoms with van der Waals surface area (Å²) in [5.41, 5.74) is 14.3. The van der Waals surface area contributed by atoms with Crippen molar-refractivity contribution in [3.05, 3.63) is 95.0 Å². The molecule has 1 aliphatic rings. The predicted molar refractivity (Wildman–Crippen MR) is 116 cm³/mol. The molecule has 4 N–H and O–H groups in total. The van der Waals surface area contributed by atoms with Crippen molar-refractivity contribution in [2.24, 2.45) is 11.5 Å². The van der Waals surface area contributed by atoms with Crippen LogP contribution in [0.3, 0.4) is 0 Å². The van der Waals surface area contributed by atoms with Crippen LogP contribution in [0, 0.1) is 0 Å². The first-order valence-electron chi connectivity index (χ1n) is 9.28. The third-order valence-corrected chi connectivity index (χ3v) is 5.54. The van der Waals surface area contributed by atoms with E-state index in [1.54, 1.807) is 0 Å². The van der Waals surface area contributed by atoms with Crippen LogP contribution < -0.4 is 11.5 Å². The molecule has 1 aliphatic carbocycles. The molecule has 0 radical (unpaired) electrons. The van der Waals surface area contributed by atoms with Crippen LogP contribution in [0.2, 0.25) is 5.02 Å². The monoisotopic (exact) mass is 374 g/mol. The fourth-order valence-electron chi connectivity index (χ4n) is 3.96. The van der Waals surface area contributed by atoms with Crippen molar-refractivity contribution in [2.45, 2.75) is 24.9 Å². The zero-order valence-electron chi connectivity index (χ0n) is 15.2. The molecule has 136 valence electrons. The number of hydrogen-bond donors (Lipinski definition) is 2. The molecule has 0 unspecified atom stereocenters. The Morgan fingerprint density at radius 2 is 1.41 bits per heavy atom. The summed E-state index contributed by atoms with van der Waals surface area (Å²) in [6.07, 6.45) is 2.99. The molecule has 0 saturated carbocycles. The fourth-order valence-corrected chi connectivity index (χ4v) is 4.11. The van der Waals surface area contributed by atoms with Crippen LogP contribution in [0.15, 0.2) is 78.9 Å². The molecule has 4 aromatic carbocycles. The van der Waals surface area contributed by atoms with E-state index < -0.39 is 5.66 Å². The molecule has 0 amide bonds. The van der Waals surface area contributed by atoms with Gasteiger partial charge in [0.1, 0.15) is 0 Å².